The molecule has 2 N–H and O–H groups in total. The molecule has 0 saturated heterocycles. The van der Waals surface area contributed by atoms with Gasteiger partial charge < -0.3 is 9.72 Å². The highest BCUT2D eigenvalue weighted by molar-refractivity contribution is 9.10. The van der Waals surface area contributed by atoms with Crippen LogP contribution in [0.4, 0.5) is 5.69 Å². The van der Waals surface area contributed by atoms with Crippen molar-refractivity contribution in [2.24, 2.45) is 0 Å². The Morgan fingerprint density at radius 1 is 1.10 bits per heavy atom. The van der Waals surface area contributed by atoms with Crippen molar-refractivity contribution in [1.29, 1.82) is 0 Å². The summed E-state index contributed by atoms with van der Waals surface area (Å²) in [6.07, 6.45) is 5.95. The number of nitrogens with one attached hydrogen (secondary N) is 2. The average Bonchev–Trinajstić information content (AvgIpc) is 2.66. The lowest BCUT2D eigenvalue weighted by Crippen LogP contribution is -2.32. The molecular formula is C20H18BrN3O5S. The Labute approximate surface area is 181 Å². The van der Waals surface area contributed by atoms with Gasteiger partial charge in [0.25, 0.3) is 5.56 Å². The van der Waals surface area contributed by atoms with Gasteiger partial charge >= 0.3 is 5.69 Å². The molecule has 0 spiro atoms. The van der Waals surface area contributed by atoms with E-state index >= 15 is 0 Å². The van der Waals surface area contributed by atoms with Gasteiger partial charge in [-0.1, -0.05) is 24.3 Å². The molecule has 0 aliphatic rings. The normalized spacial score (nSPS) is 11.6. The molecule has 0 bridgehead atoms. The lowest BCUT2D eigenvalue weighted by atomic mass is 10.1. The highest BCUT2D eigenvalue weighted by Crippen LogP contribution is 2.32. The van der Waals surface area contributed by atoms with Gasteiger partial charge in [0.2, 0.25) is 10.0 Å². The van der Waals surface area contributed by atoms with Gasteiger partial charge in [0.1, 0.15) is 5.75 Å². The van der Waals surface area contributed by atoms with Gasteiger partial charge in [0, 0.05) is 23.5 Å². The number of halogens is 1. The summed E-state index contributed by atoms with van der Waals surface area (Å²) in [4.78, 5) is 26.8. The largest absolute Gasteiger partial charge is 0.495 e. The first-order chi connectivity index (χ1) is 14.2. The number of nitrogens with zero attached hydrogens (tertiary/aromatic N) is 1. The summed E-state index contributed by atoms with van der Waals surface area (Å²) in [7, 11) is -1.82. The zero-order valence-corrected chi connectivity index (χ0v) is 18.5. The maximum absolute atomic E-state index is 12.2. The molecule has 0 fully saturated rings. The maximum atomic E-state index is 12.2. The molecule has 0 aliphatic carbocycles. The predicted octanol–water partition coefficient (Wildman–Crippen LogP) is 2.84. The van der Waals surface area contributed by atoms with Gasteiger partial charge in [0.05, 0.1) is 23.5 Å². The summed E-state index contributed by atoms with van der Waals surface area (Å²) < 4.78 is 32.0. The predicted molar refractivity (Wildman–Crippen MR) is 121 cm³/mol. The van der Waals surface area contributed by atoms with E-state index in [-0.39, 0.29) is 0 Å². The van der Waals surface area contributed by atoms with E-state index in [1.807, 2.05) is 0 Å². The summed E-state index contributed by atoms with van der Waals surface area (Å²) in [5, 5.41) is 0. The zero-order valence-electron chi connectivity index (χ0n) is 16.0. The molecule has 3 aromatic rings. The minimum Gasteiger partial charge on any atom is -0.495 e. The van der Waals surface area contributed by atoms with Crippen LogP contribution in [0.3, 0.4) is 0 Å². The van der Waals surface area contributed by atoms with E-state index in [9.17, 15) is 18.0 Å². The van der Waals surface area contributed by atoms with E-state index in [0.29, 0.717) is 27.2 Å². The van der Waals surface area contributed by atoms with E-state index in [0.717, 1.165) is 16.4 Å². The van der Waals surface area contributed by atoms with Crippen LogP contribution >= 0.6 is 15.9 Å². The molecular weight excluding hydrogens is 474 g/mol. The topological polar surface area (TPSA) is 110 Å². The third-order valence-corrected chi connectivity index (χ3v) is 5.24. The lowest BCUT2D eigenvalue weighted by molar-refractivity contribution is 0.411. The molecule has 0 amide bonds. The van der Waals surface area contributed by atoms with E-state index < -0.39 is 21.3 Å². The van der Waals surface area contributed by atoms with Crippen molar-refractivity contribution >= 4 is 43.8 Å². The molecule has 2 aromatic carbocycles. The van der Waals surface area contributed by atoms with Crippen molar-refractivity contribution < 1.29 is 13.2 Å². The smallest absolute Gasteiger partial charge is 0.332 e. The maximum Gasteiger partial charge on any atom is 0.332 e. The summed E-state index contributed by atoms with van der Waals surface area (Å²) in [5.41, 5.74) is 1.27. The first kappa shape index (κ1) is 21.6. The molecule has 0 saturated carbocycles. The fraction of sp³-hybridized carbons (Fsp3) is 0.100. The van der Waals surface area contributed by atoms with Crippen LogP contribution in [0.1, 0.15) is 11.1 Å². The van der Waals surface area contributed by atoms with Crippen LogP contribution in [0.15, 0.2) is 62.7 Å². The van der Waals surface area contributed by atoms with Crippen LogP contribution in [-0.4, -0.2) is 31.3 Å². The van der Waals surface area contributed by atoms with E-state index in [2.05, 4.69) is 25.6 Å². The number of rotatable bonds is 6. The fourth-order valence-electron chi connectivity index (χ4n) is 2.80. The van der Waals surface area contributed by atoms with Crippen molar-refractivity contribution in [1.82, 2.24) is 9.55 Å². The summed E-state index contributed by atoms with van der Waals surface area (Å²) in [6.45, 7) is 0. The lowest BCUT2D eigenvalue weighted by Gasteiger charge is -2.12. The van der Waals surface area contributed by atoms with Crippen molar-refractivity contribution in [3.63, 3.8) is 0 Å². The highest BCUT2D eigenvalue weighted by atomic mass is 79.9. The van der Waals surface area contributed by atoms with Crippen LogP contribution in [0.5, 0.6) is 5.75 Å². The molecule has 10 heteroatoms. The fourth-order valence-corrected chi connectivity index (χ4v) is 3.99. The molecule has 156 valence electrons. The van der Waals surface area contributed by atoms with Gasteiger partial charge in [-0.2, -0.15) is 0 Å². The van der Waals surface area contributed by atoms with Gasteiger partial charge in [-0.15, -0.1) is 0 Å². The number of H-pyrrole nitrogens is 1. The highest BCUT2D eigenvalue weighted by Gasteiger charge is 2.12. The monoisotopic (exact) mass is 491 g/mol. The summed E-state index contributed by atoms with van der Waals surface area (Å²) in [6, 6.07) is 11.3. The number of aromatic nitrogens is 2. The Balaban J connectivity index is 2.00. The van der Waals surface area contributed by atoms with Crippen molar-refractivity contribution in [2.45, 2.75) is 0 Å². The number of sulfonamides is 1. The van der Waals surface area contributed by atoms with Crippen LogP contribution < -0.4 is 20.7 Å². The average molecular weight is 492 g/mol. The Morgan fingerprint density at radius 3 is 2.40 bits per heavy atom. The number of aromatic amines is 1. The van der Waals surface area contributed by atoms with Crippen LogP contribution in [-0.2, 0) is 10.0 Å². The Morgan fingerprint density at radius 2 is 1.80 bits per heavy atom. The molecule has 3 rings (SSSR count). The molecule has 0 atom stereocenters. The van der Waals surface area contributed by atoms with Crippen molar-refractivity contribution in [2.75, 3.05) is 18.1 Å². The molecule has 0 radical (unpaired) electrons. The van der Waals surface area contributed by atoms with Crippen LogP contribution in [0.25, 0.3) is 17.8 Å². The minimum atomic E-state index is -3.34. The van der Waals surface area contributed by atoms with Gasteiger partial charge in [-0.25, -0.2) is 17.8 Å². The van der Waals surface area contributed by atoms with E-state index in [1.54, 1.807) is 48.6 Å². The first-order valence-corrected chi connectivity index (χ1v) is 11.3. The summed E-state index contributed by atoms with van der Waals surface area (Å²) >= 11 is 3.42. The van der Waals surface area contributed by atoms with Gasteiger partial charge in [-0.3, -0.25) is 9.52 Å². The first-order valence-electron chi connectivity index (χ1n) is 8.62. The van der Waals surface area contributed by atoms with Crippen molar-refractivity contribution in [3.8, 4) is 11.4 Å². The van der Waals surface area contributed by atoms with Gasteiger partial charge in [-0.05, 0) is 45.8 Å². The summed E-state index contributed by atoms with van der Waals surface area (Å²) in [5.74, 6) is 0.533. The van der Waals surface area contributed by atoms with Crippen LogP contribution in [0.2, 0.25) is 0 Å². The molecule has 8 nitrogen and oxygen atoms in total. The molecule has 30 heavy (non-hydrogen) atoms. The van der Waals surface area contributed by atoms with Crippen LogP contribution in [0, 0.1) is 0 Å². The third kappa shape index (κ3) is 5.08. The minimum absolute atomic E-state index is 0.377. The van der Waals surface area contributed by atoms with Crippen molar-refractivity contribution in [3.05, 3.63) is 85.1 Å². The van der Waals surface area contributed by atoms with E-state index in [1.165, 1.54) is 19.4 Å². The second kappa shape index (κ2) is 8.72. The Bertz CT molecular complexity index is 1300. The van der Waals surface area contributed by atoms with E-state index in [4.69, 9.17) is 4.74 Å². The number of methoxy groups -OCH3 is 1. The zero-order chi connectivity index (χ0) is 21.9. The number of hydrogen-bond acceptors (Lipinski definition) is 5. The standard InChI is InChI=1S/C20H18BrN3O5S/c1-29-19-14(6-3-13-4-7-15(8-5-13)23-30(2,27)28)11-16(12-17(19)21)24-18(25)9-10-22-20(24)26/h3-12,23H,1-2H3,(H,22,26)/b6-3+. The number of benzene rings is 2. The number of hydrogen-bond donors (Lipinski definition) is 2. The Kier molecular flexibility index (Phi) is 6.28. The Hall–Kier alpha value is -3.11. The van der Waals surface area contributed by atoms with Gasteiger partial charge in [0.15, 0.2) is 0 Å². The molecule has 1 aromatic heterocycles. The molecule has 0 unspecified atom stereocenters. The molecule has 1 heterocycles. The second-order valence-electron chi connectivity index (χ2n) is 6.34. The third-order valence-electron chi connectivity index (χ3n) is 4.04. The number of ether oxygens (including phenoxy) is 1. The molecule has 0 aliphatic heterocycles. The number of anilines is 1. The SMILES string of the molecule is COc1c(Br)cc(-n2c(=O)cc[nH]c2=O)cc1/C=C/c1ccc(NS(C)(=O)=O)cc1. The quantitative estimate of drug-likeness (QED) is 0.515. The second-order valence-corrected chi connectivity index (χ2v) is 8.94.